The Balaban J connectivity index is 1.59. The summed E-state index contributed by atoms with van der Waals surface area (Å²) in [7, 11) is 0. The van der Waals surface area contributed by atoms with Crippen LogP contribution >= 0.6 is 11.6 Å². The number of hydrogen-bond acceptors (Lipinski definition) is 3. The SMILES string of the molecule is Cc1ccnc(NCC2CC3CC(Cl)CCC3NC2=O)c1. The van der Waals surface area contributed by atoms with Crippen LogP contribution in [-0.2, 0) is 4.79 Å². The number of halogens is 1. The first-order valence-electron chi connectivity index (χ1n) is 7.73. The minimum atomic E-state index is 0.00975. The van der Waals surface area contributed by atoms with Crippen molar-refractivity contribution >= 4 is 23.3 Å². The summed E-state index contributed by atoms with van der Waals surface area (Å²) in [6.45, 7) is 2.67. The molecule has 2 aliphatic rings. The van der Waals surface area contributed by atoms with Crippen LogP contribution in [0.4, 0.5) is 5.82 Å². The van der Waals surface area contributed by atoms with Gasteiger partial charge in [0.15, 0.2) is 0 Å². The number of hydrogen-bond donors (Lipinski definition) is 2. The number of rotatable bonds is 3. The van der Waals surface area contributed by atoms with E-state index >= 15 is 0 Å². The summed E-state index contributed by atoms with van der Waals surface area (Å²) in [5.74, 6) is 1.54. The summed E-state index contributed by atoms with van der Waals surface area (Å²) in [6.07, 6.45) is 5.77. The Morgan fingerprint density at radius 3 is 3.10 bits per heavy atom. The quantitative estimate of drug-likeness (QED) is 0.844. The van der Waals surface area contributed by atoms with Crippen molar-refractivity contribution in [3.8, 4) is 0 Å². The summed E-state index contributed by atoms with van der Waals surface area (Å²) in [6, 6.07) is 4.30. The fraction of sp³-hybridized carbons (Fsp3) is 0.625. The van der Waals surface area contributed by atoms with Gasteiger partial charge >= 0.3 is 0 Å². The van der Waals surface area contributed by atoms with Crippen molar-refractivity contribution in [1.82, 2.24) is 10.3 Å². The van der Waals surface area contributed by atoms with Crippen LogP contribution in [0, 0.1) is 18.8 Å². The van der Waals surface area contributed by atoms with Crippen LogP contribution in [0.3, 0.4) is 0 Å². The van der Waals surface area contributed by atoms with Gasteiger partial charge in [-0.25, -0.2) is 4.98 Å². The molecule has 2 heterocycles. The topological polar surface area (TPSA) is 54.0 Å². The van der Waals surface area contributed by atoms with Crippen molar-refractivity contribution in [2.45, 2.75) is 44.0 Å². The Hall–Kier alpha value is -1.29. The predicted octanol–water partition coefficient (Wildman–Crippen LogP) is 2.71. The van der Waals surface area contributed by atoms with Crippen LogP contribution in [0.2, 0.25) is 0 Å². The van der Waals surface area contributed by atoms with E-state index in [9.17, 15) is 4.79 Å². The van der Waals surface area contributed by atoms with Crippen molar-refractivity contribution in [3.63, 3.8) is 0 Å². The van der Waals surface area contributed by atoms with E-state index in [0.717, 1.165) is 37.1 Å². The monoisotopic (exact) mass is 307 g/mol. The molecule has 3 rings (SSSR count). The van der Waals surface area contributed by atoms with Crippen LogP contribution in [-0.4, -0.2) is 28.9 Å². The Kier molecular flexibility index (Phi) is 4.34. The fourth-order valence-electron chi connectivity index (χ4n) is 3.47. The van der Waals surface area contributed by atoms with Gasteiger partial charge in [-0.2, -0.15) is 0 Å². The van der Waals surface area contributed by atoms with Gasteiger partial charge in [0.1, 0.15) is 5.82 Å². The van der Waals surface area contributed by atoms with Gasteiger partial charge in [0.2, 0.25) is 5.91 Å². The summed E-state index contributed by atoms with van der Waals surface area (Å²) in [5, 5.41) is 6.74. The van der Waals surface area contributed by atoms with Gasteiger partial charge in [-0.05, 0) is 56.2 Å². The minimum Gasteiger partial charge on any atom is -0.369 e. The third-order valence-corrected chi connectivity index (χ3v) is 5.05. The number of aryl methyl sites for hydroxylation is 1. The number of pyridine rings is 1. The highest BCUT2D eigenvalue weighted by molar-refractivity contribution is 6.20. The molecule has 2 fully saturated rings. The highest BCUT2D eigenvalue weighted by atomic mass is 35.5. The summed E-state index contributed by atoms with van der Waals surface area (Å²) < 4.78 is 0. The smallest absolute Gasteiger partial charge is 0.225 e. The van der Waals surface area contributed by atoms with Crippen molar-refractivity contribution in [1.29, 1.82) is 0 Å². The van der Waals surface area contributed by atoms with Crippen LogP contribution < -0.4 is 10.6 Å². The second kappa shape index (κ2) is 6.22. The zero-order chi connectivity index (χ0) is 14.8. The number of amides is 1. The number of alkyl halides is 1. The first-order valence-corrected chi connectivity index (χ1v) is 8.16. The number of piperidine rings is 1. The van der Waals surface area contributed by atoms with Gasteiger partial charge in [0.05, 0.1) is 5.92 Å². The average Bonchev–Trinajstić information content (AvgIpc) is 2.45. The Morgan fingerprint density at radius 1 is 1.43 bits per heavy atom. The molecular formula is C16H22ClN3O. The number of carbonyl (C=O) groups excluding carboxylic acids is 1. The van der Waals surface area contributed by atoms with E-state index in [1.165, 1.54) is 0 Å². The lowest BCUT2D eigenvalue weighted by molar-refractivity contribution is -0.129. The molecule has 2 N–H and O–H groups in total. The third-order valence-electron chi connectivity index (χ3n) is 4.65. The molecule has 1 aromatic heterocycles. The highest BCUT2D eigenvalue weighted by Gasteiger charge is 2.38. The van der Waals surface area contributed by atoms with Crippen LogP contribution in [0.15, 0.2) is 18.3 Å². The molecule has 4 nitrogen and oxygen atoms in total. The van der Waals surface area contributed by atoms with Gasteiger partial charge in [0, 0.05) is 24.2 Å². The number of fused-ring (bicyclic) bond motifs is 1. The lowest BCUT2D eigenvalue weighted by Crippen LogP contribution is -2.53. The van der Waals surface area contributed by atoms with E-state index < -0.39 is 0 Å². The fourth-order valence-corrected chi connectivity index (χ4v) is 3.82. The second-order valence-electron chi connectivity index (χ2n) is 6.32. The van der Waals surface area contributed by atoms with E-state index in [1.807, 2.05) is 19.1 Å². The largest absolute Gasteiger partial charge is 0.369 e. The minimum absolute atomic E-state index is 0.00975. The van der Waals surface area contributed by atoms with Crippen LogP contribution in [0.5, 0.6) is 0 Å². The Morgan fingerprint density at radius 2 is 2.29 bits per heavy atom. The number of anilines is 1. The Labute approximate surface area is 130 Å². The molecule has 1 aromatic rings. The standard InChI is InChI=1S/C16H22ClN3O/c1-10-4-5-18-15(6-10)19-9-12-7-11-8-13(17)2-3-14(11)20-16(12)21/h4-6,11-14H,2-3,7-9H2,1H3,(H,18,19)(H,20,21). The normalized spacial score (nSPS) is 32.2. The maximum atomic E-state index is 12.2. The van der Waals surface area contributed by atoms with Crippen LogP contribution in [0.25, 0.3) is 0 Å². The van der Waals surface area contributed by atoms with E-state index in [2.05, 4.69) is 15.6 Å². The van der Waals surface area contributed by atoms with Crippen molar-refractivity contribution < 1.29 is 4.79 Å². The molecule has 114 valence electrons. The van der Waals surface area contributed by atoms with Gasteiger partial charge in [-0.1, -0.05) is 0 Å². The summed E-state index contributed by atoms with van der Waals surface area (Å²) in [4.78, 5) is 16.5. The van der Waals surface area contributed by atoms with Crippen molar-refractivity contribution in [3.05, 3.63) is 23.9 Å². The molecule has 1 amide bonds. The van der Waals surface area contributed by atoms with Gasteiger partial charge in [-0.3, -0.25) is 4.79 Å². The molecule has 1 aliphatic carbocycles. The zero-order valence-electron chi connectivity index (χ0n) is 12.3. The Bertz CT molecular complexity index is 522. The molecule has 4 unspecified atom stereocenters. The second-order valence-corrected chi connectivity index (χ2v) is 6.93. The maximum Gasteiger partial charge on any atom is 0.225 e. The van der Waals surface area contributed by atoms with Crippen LogP contribution in [0.1, 0.15) is 31.2 Å². The first-order chi connectivity index (χ1) is 10.1. The number of nitrogens with zero attached hydrogens (tertiary/aromatic N) is 1. The first kappa shape index (κ1) is 14.6. The molecule has 1 saturated carbocycles. The van der Waals surface area contributed by atoms with E-state index in [4.69, 9.17) is 11.6 Å². The highest BCUT2D eigenvalue weighted by Crippen LogP contribution is 2.35. The molecule has 1 saturated heterocycles. The molecule has 21 heavy (non-hydrogen) atoms. The van der Waals surface area contributed by atoms with Gasteiger partial charge < -0.3 is 10.6 Å². The number of carbonyl (C=O) groups is 1. The van der Waals surface area contributed by atoms with Crippen molar-refractivity contribution in [2.75, 3.05) is 11.9 Å². The van der Waals surface area contributed by atoms with Gasteiger partial charge in [-0.15, -0.1) is 11.6 Å². The molecular weight excluding hydrogens is 286 g/mol. The third kappa shape index (κ3) is 3.49. The van der Waals surface area contributed by atoms with Gasteiger partial charge in [0.25, 0.3) is 0 Å². The molecule has 0 bridgehead atoms. The van der Waals surface area contributed by atoms with E-state index in [1.54, 1.807) is 6.20 Å². The maximum absolute atomic E-state index is 12.2. The number of nitrogens with one attached hydrogen (secondary N) is 2. The predicted molar refractivity (Wildman–Crippen MR) is 84.5 cm³/mol. The molecule has 0 aromatic carbocycles. The number of aromatic nitrogens is 1. The summed E-state index contributed by atoms with van der Waals surface area (Å²) in [5.41, 5.74) is 1.16. The molecule has 1 aliphatic heterocycles. The zero-order valence-corrected chi connectivity index (χ0v) is 13.1. The summed E-state index contributed by atoms with van der Waals surface area (Å²) >= 11 is 6.27. The molecule has 5 heteroatoms. The molecule has 0 spiro atoms. The van der Waals surface area contributed by atoms with Crippen molar-refractivity contribution in [2.24, 2.45) is 11.8 Å². The molecule has 0 radical (unpaired) electrons. The molecule has 4 atom stereocenters. The lowest BCUT2D eigenvalue weighted by Gasteiger charge is -2.41. The lowest BCUT2D eigenvalue weighted by atomic mass is 9.75. The van der Waals surface area contributed by atoms with E-state index in [0.29, 0.717) is 18.5 Å². The average molecular weight is 308 g/mol. The van der Waals surface area contributed by atoms with E-state index in [-0.39, 0.29) is 17.2 Å².